The van der Waals surface area contributed by atoms with Gasteiger partial charge in [0.05, 0.1) is 17.6 Å². The van der Waals surface area contributed by atoms with Crippen LogP contribution in [-0.2, 0) is 29.2 Å². The van der Waals surface area contributed by atoms with Crippen molar-refractivity contribution in [3.05, 3.63) is 58.9 Å². The summed E-state index contributed by atoms with van der Waals surface area (Å²) in [6.07, 6.45) is 2.25. The van der Waals surface area contributed by atoms with Crippen LogP contribution in [0.25, 0.3) is 0 Å². The summed E-state index contributed by atoms with van der Waals surface area (Å²) in [4.78, 5) is 41.9. The van der Waals surface area contributed by atoms with E-state index >= 15 is 0 Å². The second-order valence-electron chi connectivity index (χ2n) is 7.08. The van der Waals surface area contributed by atoms with Crippen LogP contribution < -0.4 is 16.4 Å². The Morgan fingerprint density at radius 1 is 1.18 bits per heavy atom. The molecule has 28 heavy (non-hydrogen) atoms. The molecule has 1 fully saturated rings. The Hall–Kier alpha value is -3.26. The molecule has 1 aromatic carbocycles. The topological polar surface area (TPSA) is 117 Å². The van der Waals surface area contributed by atoms with Crippen LogP contribution in [0.3, 0.4) is 0 Å². The molecule has 2 aliphatic rings. The summed E-state index contributed by atoms with van der Waals surface area (Å²) in [5, 5.41) is 5.64. The minimum absolute atomic E-state index is 0.157. The van der Waals surface area contributed by atoms with Crippen LogP contribution >= 0.6 is 0 Å². The number of pyridine rings is 1. The molecule has 1 atom stereocenters. The third-order valence-electron chi connectivity index (χ3n) is 5.07. The quantitative estimate of drug-likeness (QED) is 0.659. The van der Waals surface area contributed by atoms with Crippen molar-refractivity contribution in [1.82, 2.24) is 20.5 Å². The number of hydrogen-bond acceptors (Lipinski definition) is 6. The van der Waals surface area contributed by atoms with Crippen molar-refractivity contribution >= 4 is 23.4 Å². The van der Waals surface area contributed by atoms with Gasteiger partial charge >= 0.3 is 0 Å². The fraction of sp³-hybridized carbons (Fsp3) is 0.300. The molecule has 4 N–H and O–H groups in total. The van der Waals surface area contributed by atoms with E-state index in [0.717, 1.165) is 16.8 Å². The van der Waals surface area contributed by atoms with Gasteiger partial charge in [-0.15, -0.1) is 0 Å². The first kappa shape index (κ1) is 18.1. The average molecular weight is 379 g/mol. The number of hydrogen-bond donors (Lipinski definition) is 3. The fourth-order valence-corrected chi connectivity index (χ4v) is 3.61. The normalized spacial score (nSPS) is 18.9. The fourth-order valence-electron chi connectivity index (χ4n) is 3.61. The highest BCUT2D eigenvalue weighted by Crippen LogP contribution is 2.28. The number of carbonyl (C=O) groups is 3. The molecule has 0 aliphatic carbocycles. The molecular formula is C20H21N5O3. The highest BCUT2D eigenvalue weighted by Gasteiger charge is 2.38. The highest BCUT2D eigenvalue weighted by molar-refractivity contribution is 6.05. The van der Waals surface area contributed by atoms with Crippen molar-refractivity contribution in [2.75, 3.05) is 5.73 Å². The summed E-state index contributed by atoms with van der Waals surface area (Å²) in [5.74, 6) is -0.834. The molecule has 3 heterocycles. The monoisotopic (exact) mass is 379 g/mol. The van der Waals surface area contributed by atoms with Crippen molar-refractivity contribution in [3.8, 4) is 0 Å². The number of nitrogen functional groups attached to an aromatic ring is 1. The van der Waals surface area contributed by atoms with Crippen molar-refractivity contribution in [3.63, 3.8) is 0 Å². The molecular weight excluding hydrogens is 358 g/mol. The van der Waals surface area contributed by atoms with Crippen LogP contribution in [0.4, 0.5) is 5.69 Å². The van der Waals surface area contributed by atoms with E-state index in [2.05, 4.69) is 15.6 Å². The lowest BCUT2D eigenvalue weighted by Gasteiger charge is -2.29. The molecule has 0 radical (unpaired) electrons. The Balaban J connectivity index is 1.40. The first-order chi connectivity index (χ1) is 13.5. The Bertz CT molecular complexity index is 941. The molecule has 1 aromatic heterocycles. The number of amides is 3. The maximum absolute atomic E-state index is 12.7. The Morgan fingerprint density at radius 2 is 2.04 bits per heavy atom. The van der Waals surface area contributed by atoms with Crippen LogP contribution in [0.1, 0.15) is 40.0 Å². The van der Waals surface area contributed by atoms with Gasteiger partial charge in [-0.1, -0.05) is 12.1 Å². The van der Waals surface area contributed by atoms with Gasteiger partial charge in [0.2, 0.25) is 11.8 Å². The van der Waals surface area contributed by atoms with Gasteiger partial charge in [-0.2, -0.15) is 0 Å². The number of benzene rings is 1. The summed E-state index contributed by atoms with van der Waals surface area (Å²) >= 11 is 0. The number of nitrogens with two attached hydrogens (primary N) is 1. The van der Waals surface area contributed by atoms with Crippen LogP contribution in [-0.4, -0.2) is 33.6 Å². The summed E-state index contributed by atoms with van der Waals surface area (Å²) in [7, 11) is 0. The van der Waals surface area contributed by atoms with E-state index in [1.165, 1.54) is 0 Å². The molecule has 0 saturated carbocycles. The third kappa shape index (κ3) is 3.59. The number of nitrogens with one attached hydrogen (secondary N) is 2. The van der Waals surface area contributed by atoms with Crippen LogP contribution in [0, 0.1) is 0 Å². The first-order valence-corrected chi connectivity index (χ1v) is 9.19. The number of imide groups is 1. The lowest BCUT2D eigenvalue weighted by molar-refractivity contribution is -0.136. The number of aromatic nitrogens is 1. The molecule has 0 spiro atoms. The van der Waals surface area contributed by atoms with E-state index in [4.69, 9.17) is 5.73 Å². The summed E-state index contributed by atoms with van der Waals surface area (Å²) in [6.45, 7) is 1.62. The number of rotatable bonds is 5. The number of anilines is 1. The molecule has 0 bridgehead atoms. The van der Waals surface area contributed by atoms with Gasteiger partial charge in [0.15, 0.2) is 0 Å². The maximum atomic E-state index is 12.7. The van der Waals surface area contributed by atoms with Crippen LogP contribution in [0.15, 0.2) is 36.5 Å². The molecule has 8 heteroatoms. The number of piperidine rings is 1. The number of fused-ring (bicyclic) bond motifs is 1. The third-order valence-corrected chi connectivity index (χ3v) is 5.07. The Kier molecular flexibility index (Phi) is 4.79. The molecule has 1 unspecified atom stereocenters. The summed E-state index contributed by atoms with van der Waals surface area (Å²) in [5.41, 5.74) is 9.73. The van der Waals surface area contributed by atoms with Gasteiger partial charge < -0.3 is 16.0 Å². The molecule has 3 amide bonds. The zero-order valence-electron chi connectivity index (χ0n) is 15.3. The predicted octanol–water partition coefficient (Wildman–Crippen LogP) is 0.715. The van der Waals surface area contributed by atoms with Crippen molar-refractivity contribution in [1.29, 1.82) is 0 Å². The van der Waals surface area contributed by atoms with Gasteiger partial charge in [0.1, 0.15) is 6.04 Å². The van der Waals surface area contributed by atoms with Gasteiger partial charge in [0, 0.05) is 31.6 Å². The van der Waals surface area contributed by atoms with Crippen molar-refractivity contribution < 1.29 is 14.4 Å². The smallest absolute Gasteiger partial charge is 0.255 e. The van der Waals surface area contributed by atoms with Gasteiger partial charge in [-0.3, -0.25) is 24.7 Å². The molecule has 2 aromatic rings. The molecule has 144 valence electrons. The zero-order valence-corrected chi connectivity index (χ0v) is 15.3. The first-order valence-electron chi connectivity index (χ1n) is 9.19. The van der Waals surface area contributed by atoms with Crippen molar-refractivity contribution in [2.24, 2.45) is 0 Å². The van der Waals surface area contributed by atoms with Crippen molar-refractivity contribution in [2.45, 2.75) is 38.5 Å². The van der Waals surface area contributed by atoms with E-state index in [1.807, 2.05) is 30.3 Å². The van der Waals surface area contributed by atoms with Crippen LogP contribution in [0.2, 0.25) is 0 Å². The van der Waals surface area contributed by atoms with Crippen LogP contribution in [0.5, 0.6) is 0 Å². The molecule has 2 aliphatic heterocycles. The van der Waals surface area contributed by atoms with E-state index < -0.39 is 11.9 Å². The minimum atomic E-state index is -0.587. The SMILES string of the molecule is Nc1ccc(CNCc2ccc3c(c2)CN(C2CCC(=O)NC2=O)C3=O)nc1. The molecule has 8 nitrogen and oxygen atoms in total. The van der Waals surface area contributed by atoms with E-state index in [-0.39, 0.29) is 18.2 Å². The standard InChI is InChI=1S/C20H21N5O3/c21-14-2-3-15(23-9-14)10-22-8-12-1-4-16-13(7-12)11-25(20(16)28)17-5-6-18(26)24-19(17)27/h1-4,7,9,17,22H,5-6,8,10-11,21H2,(H,24,26,27). The van der Waals surface area contributed by atoms with E-state index in [9.17, 15) is 14.4 Å². The second-order valence-corrected chi connectivity index (χ2v) is 7.08. The lowest BCUT2D eigenvalue weighted by Crippen LogP contribution is -2.52. The van der Waals surface area contributed by atoms with E-state index in [0.29, 0.717) is 37.3 Å². The Labute approximate surface area is 162 Å². The van der Waals surface area contributed by atoms with Gasteiger partial charge in [-0.25, -0.2) is 0 Å². The van der Waals surface area contributed by atoms with E-state index in [1.54, 1.807) is 11.1 Å². The van der Waals surface area contributed by atoms with Gasteiger partial charge in [0.25, 0.3) is 5.91 Å². The predicted molar refractivity (Wildman–Crippen MR) is 102 cm³/mol. The number of nitrogens with zero attached hydrogens (tertiary/aromatic N) is 2. The summed E-state index contributed by atoms with van der Waals surface area (Å²) in [6, 6.07) is 8.81. The molecule has 4 rings (SSSR count). The second kappa shape index (κ2) is 7.40. The zero-order chi connectivity index (χ0) is 19.7. The Morgan fingerprint density at radius 3 is 2.79 bits per heavy atom. The highest BCUT2D eigenvalue weighted by atomic mass is 16.2. The minimum Gasteiger partial charge on any atom is -0.397 e. The average Bonchev–Trinajstić information content (AvgIpc) is 2.99. The molecule has 1 saturated heterocycles. The lowest BCUT2D eigenvalue weighted by atomic mass is 10.0. The largest absolute Gasteiger partial charge is 0.397 e. The maximum Gasteiger partial charge on any atom is 0.255 e. The summed E-state index contributed by atoms with van der Waals surface area (Å²) < 4.78 is 0. The van der Waals surface area contributed by atoms with Gasteiger partial charge in [-0.05, 0) is 35.7 Å². The number of carbonyl (C=O) groups excluding carboxylic acids is 3.